The Labute approximate surface area is 111 Å². The van der Waals surface area contributed by atoms with Gasteiger partial charge in [0.2, 0.25) is 0 Å². The van der Waals surface area contributed by atoms with Gasteiger partial charge in [-0.15, -0.1) is 0 Å². The fourth-order valence-corrected chi connectivity index (χ4v) is 2.79. The predicted octanol–water partition coefficient (Wildman–Crippen LogP) is 2.10. The van der Waals surface area contributed by atoms with Gasteiger partial charge in [-0.3, -0.25) is 14.9 Å². The Bertz CT molecular complexity index is 732. The first-order valence-electron chi connectivity index (χ1n) is 6.10. The van der Waals surface area contributed by atoms with Crippen molar-refractivity contribution < 1.29 is 9.59 Å². The average Bonchev–Trinajstić information content (AvgIpc) is 2.65. The van der Waals surface area contributed by atoms with Crippen LogP contribution >= 0.6 is 0 Å². The van der Waals surface area contributed by atoms with E-state index in [0.717, 1.165) is 22.0 Å². The van der Waals surface area contributed by atoms with Crippen LogP contribution in [0.2, 0.25) is 0 Å². The van der Waals surface area contributed by atoms with Gasteiger partial charge in [-0.05, 0) is 17.9 Å². The molecule has 0 spiro atoms. The van der Waals surface area contributed by atoms with E-state index in [2.05, 4.69) is 5.32 Å². The van der Waals surface area contributed by atoms with E-state index in [4.69, 9.17) is 0 Å². The van der Waals surface area contributed by atoms with E-state index in [-0.39, 0.29) is 11.8 Å². The molecule has 3 rings (SSSR count). The van der Waals surface area contributed by atoms with Gasteiger partial charge >= 0.3 is 0 Å². The molecule has 19 heavy (non-hydrogen) atoms. The first-order chi connectivity index (χ1) is 9.02. The summed E-state index contributed by atoms with van der Waals surface area (Å²) < 4.78 is 0. The van der Waals surface area contributed by atoms with Gasteiger partial charge in [0.15, 0.2) is 0 Å². The van der Waals surface area contributed by atoms with Crippen LogP contribution in [0.3, 0.4) is 0 Å². The van der Waals surface area contributed by atoms with Crippen molar-refractivity contribution in [1.82, 2.24) is 5.32 Å². The maximum absolute atomic E-state index is 12.0. The van der Waals surface area contributed by atoms with Gasteiger partial charge in [-0.2, -0.15) is 0 Å². The lowest BCUT2D eigenvalue weighted by Crippen LogP contribution is -2.21. The van der Waals surface area contributed by atoms with Crippen molar-refractivity contribution in [2.24, 2.45) is 0 Å². The number of rotatable bonds is 1. The van der Waals surface area contributed by atoms with Gasteiger partial charge in [0, 0.05) is 19.5 Å². The van der Waals surface area contributed by atoms with E-state index < -0.39 is 0 Å². The van der Waals surface area contributed by atoms with E-state index >= 15 is 0 Å². The third-order valence-corrected chi connectivity index (χ3v) is 3.58. The minimum atomic E-state index is -0.308. The summed E-state index contributed by atoms with van der Waals surface area (Å²) in [6, 6.07) is 7.84. The van der Waals surface area contributed by atoms with Crippen molar-refractivity contribution in [1.29, 1.82) is 0 Å². The molecule has 4 nitrogen and oxygen atoms in total. The number of benzene rings is 2. The third kappa shape index (κ3) is 1.46. The van der Waals surface area contributed by atoms with E-state index in [1.807, 2.05) is 50.2 Å². The number of hydrogen-bond acceptors (Lipinski definition) is 3. The Balaban J connectivity index is 2.57. The third-order valence-electron chi connectivity index (χ3n) is 3.58. The lowest BCUT2D eigenvalue weighted by atomic mass is 9.93. The molecular weight excluding hydrogens is 240 g/mol. The van der Waals surface area contributed by atoms with E-state index in [1.165, 1.54) is 0 Å². The summed E-state index contributed by atoms with van der Waals surface area (Å²) in [5.41, 5.74) is 2.66. The minimum absolute atomic E-state index is 0.300. The zero-order valence-electron chi connectivity index (χ0n) is 11.1. The second kappa shape index (κ2) is 3.82. The van der Waals surface area contributed by atoms with Crippen LogP contribution in [0.4, 0.5) is 5.69 Å². The molecule has 0 radical (unpaired) electrons. The van der Waals surface area contributed by atoms with Gasteiger partial charge in [-0.1, -0.05) is 24.3 Å². The summed E-state index contributed by atoms with van der Waals surface area (Å²) in [5.74, 6) is -0.607. The summed E-state index contributed by atoms with van der Waals surface area (Å²) >= 11 is 0. The lowest BCUT2D eigenvalue weighted by molar-refractivity contribution is 0.0879. The number of imide groups is 1. The molecule has 0 unspecified atom stereocenters. The van der Waals surface area contributed by atoms with Crippen molar-refractivity contribution in [3.8, 4) is 0 Å². The highest BCUT2D eigenvalue weighted by Gasteiger charge is 2.33. The monoisotopic (exact) mass is 254 g/mol. The van der Waals surface area contributed by atoms with Crippen molar-refractivity contribution in [3.63, 3.8) is 0 Å². The van der Waals surface area contributed by atoms with Crippen LogP contribution in [0, 0.1) is 6.92 Å². The fourth-order valence-electron chi connectivity index (χ4n) is 2.79. The van der Waals surface area contributed by atoms with Gasteiger partial charge in [0.1, 0.15) is 0 Å². The number of anilines is 1. The molecule has 2 amide bonds. The average molecular weight is 254 g/mol. The Kier molecular flexibility index (Phi) is 2.35. The molecular formula is C15H14N2O2. The lowest BCUT2D eigenvalue weighted by Gasteiger charge is -2.20. The quantitative estimate of drug-likeness (QED) is 0.793. The molecule has 4 heteroatoms. The zero-order valence-corrected chi connectivity index (χ0v) is 11.1. The second-order valence-electron chi connectivity index (χ2n) is 4.95. The summed E-state index contributed by atoms with van der Waals surface area (Å²) in [4.78, 5) is 25.9. The van der Waals surface area contributed by atoms with E-state index in [9.17, 15) is 9.59 Å². The van der Waals surface area contributed by atoms with Crippen LogP contribution in [0.5, 0.6) is 0 Å². The number of nitrogens with zero attached hydrogens (tertiary/aromatic N) is 1. The Morgan fingerprint density at radius 2 is 1.53 bits per heavy atom. The topological polar surface area (TPSA) is 49.4 Å². The number of carbonyl (C=O) groups excluding carboxylic acids is 2. The van der Waals surface area contributed by atoms with Gasteiger partial charge in [0.25, 0.3) is 11.8 Å². The molecule has 1 heterocycles. The zero-order chi connectivity index (χ0) is 13.7. The number of carbonyl (C=O) groups is 2. The molecule has 0 atom stereocenters. The van der Waals surface area contributed by atoms with Gasteiger partial charge in [0.05, 0.1) is 16.8 Å². The fraction of sp³-hybridized carbons (Fsp3) is 0.200. The van der Waals surface area contributed by atoms with Gasteiger partial charge in [-0.25, -0.2) is 0 Å². The van der Waals surface area contributed by atoms with Crippen molar-refractivity contribution in [2.75, 3.05) is 19.0 Å². The van der Waals surface area contributed by atoms with Crippen LogP contribution < -0.4 is 10.2 Å². The summed E-state index contributed by atoms with van der Waals surface area (Å²) in [7, 11) is 3.76. The number of amides is 2. The highest BCUT2D eigenvalue weighted by atomic mass is 16.2. The van der Waals surface area contributed by atoms with Gasteiger partial charge < -0.3 is 4.90 Å². The largest absolute Gasteiger partial charge is 0.376 e. The molecule has 0 aromatic heterocycles. The summed E-state index contributed by atoms with van der Waals surface area (Å²) in [6.45, 7) is 1.89. The molecule has 1 aliphatic heterocycles. The maximum atomic E-state index is 12.0. The van der Waals surface area contributed by atoms with Crippen molar-refractivity contribution in [3.05, 3.63) is 41.0 Å². The Morgan fingerprint density at radius 3 is 2.16 bits per heavy atom. The molecule has 1 N–H and O–H groups in total. The first-order valence-corrected chi connectivity index (χ1v) is 6.10. The van der Waals surface area contributed by atoms with Crippen LogP contribution in [0.1, 0.15) is 26.3 Å². The van der Waals surface area contributed by atoms with E-state index in [1.54, 1.807) is 0 Å². The molecule has 0 bridgehead atoms. The molecule has 0 saturated heterocycles. The highest BCUT2D eigenvalue weighted by Crippen LogP contribution is 2.37. The van der Waals surface area contributed by atoms with Crippen molar-refractivity contribution in [2.45, 2.75) is 6.92 Å². The summed E-state index contributed by atoms with van der Waals surface area (Å²) in [5, 5.41) is 4.39. The van der Waals surface area contributed by atoms with Crippen LogP contribution in [-0.4, -0.2) is 25.9 Å². The van der Waals surface area contributed by atoms with Crippen LogP contribution in [0.15, 0.2) is 24.3 Å². The second-order valence-corrected chi connectivity index (χ2v) is 4.95. The first kappa shape index (κ1) is 11.7. The Hall–Kier alpha value is -2.36. The standard InChI is InChI=1S/C15H14N2O2/c1-8-9-6-4-5-7-10(9)13(17(2)3)12-11(8)14(18)16-15(12)19/h4-7H,1-3H3,(H,16,18,19). The number of aryl methyl sites for hydroxylation is 1. The Morgan fingerprint density at radius 1 is 0.947 bits per heavy atom. The van der Waals surface area contributed by atoms with Crippen LogP contribution in [0.25, 0.3) is 10.8 Å². The maximum Gasteiger partial charge on any atom is 0.261 e. The molecule has 0 saturated carbocycles. The normalized spacial score (nSPS) is 13.6. The highest BCUT2D eigenvalue weighted by molar-refractivity contribution is 6.28. The molecule has 0 aliphatic carbocycles. The van der Waals surface area contributed by atoms with Crippen molar-refractivity contribution >= 4 is 28.3 Å². The van der Waals surface area contributed by atoms with E-state index in [0.29, 0.717) is 11.1 Å². The minimum Gasteiger partial charge on any atom is -0.376 e. The van der Waals surface area contributed by atoms with Crippen LogP contribution in [-0.2, 0) is 0 Å². The SMILES string of the molecule is Cc1c2c(c(N(C)C)c3ccccc13)C(=O)NC2=O. The number of fused-ring (bicyclic) bond motifs is 2. The predicted molar refractivity (Wildman–Crippen MR) is 74.8 cm³/mol. The summed E-state index contributed by atoms with van der Waals surface area (Å²) in [6.07, 6.45) is 0. The molecule has 2 aromatic rings. The number of hydrogen-bond donors (Lipinski definition) is 1. The smallest absolute Gasteiger partial charge is 0.261 e. The molecule has 1 aliphatic rings. The molecule has 0 fully saturated rings. The molecule has 96 valence electrons. The number of nitrogens with one attached hydrogen (secondary N) is 1. The molecule has 2 aromatic carbocycles.